The second-order valence-corrected chi connectivity index (χ2v) is 9.59. The molecule has 0 radical (unpaired) electrons. The zero-order valence-electron chi connectivity index (χ0n) is 17.0. The van der Waals surface area contributed by atoms with Crippen molar-refractivity contribution in [3.8, 4) is 0 Å². The number of hydrogen-bond donors (Lipinski definition) is 1. The summed E-state index contributed by atoms with van der Waals surface area (Å²) in [5.74, 6) is -0.798. The van der Waals surface area contributed by atoms with Gasteiger partial charge in [-0.2, -0.15) is 4.31 Å². The molecule has 0 aliphatic heterocycles. The fourth-order valence-corrected chi connectivity index (χ4v) is 5.01. The van der Waals surface area contributed by atoms with Gasteiger partial charge in [-0.05, 0) is 29.8 Å². The summed E-state index contributed by atoms with van der Waals surface area (Å²) in [5, 5.41) is 2.82. The van der Waals surface area contributed by atoms with E-state index in [1.807, 2.05) is 13.8 Å². The van der Waals surface area contributed by atoms with E-state index in [1.165, 1.54) is 28.6 Å². The molecule has 2 aromatic rings. The minimum absolute atomic E-state index is 0.0557. The van der Waals surface area contributed by atoms with Crippen molar-refractivity contribution in [1.29, 1.82) is 0 Å². The van der Waals surface area contributed by atoms with Crippen LogP contribution in [0.25, 0.3) is 0 Å². The van der Waals surface area contributed by atoms with Gasteiger partial charge in [-0.25, -0.2) is 12.8 Å². The van der Waals surface area contributed by atoms with Crippen LogP contribution >= 0.6 is 11.6 Å². The molecule has 0 heterocycles. The van der Waals surface area contributed by atoms with E-state index in [1.54, 1.807) is 32.0 Å². The molecule has 0 aliphatic carbocycles. The van der Waals surface area contributed by atoms with Crippen LogP contribution in [0.5, 0.6) is 0 Å². The summed E-state index contributed by atoms with van der Waals surface area (Å²) in [4.78, 5) is 12.5. The molecule has 2 aromatic carbocycles. The highest BCUT2D eigenvalue weighted by Gasteiger charge is 2.27. The molecule has 0 unspecified atom stereocenters. The van der Waals surface area contributed by atoms with Crippen LogP contribution in [-0.2, 0) is 15.4 Å². The first-order chi connectivity index (χ1) is 13.5. The predicted molar refractivity (Wildman–Crippen MR) is 113 cm³/mol. The van der Waals surface area contributed by atoms with Crippen LogP contribution in [0.1, 0.15) is 43.6 Å². The number of benzene rings is 2. The quantitative estimate of drug-likeness (QED) is 0.668. The SMILES string of the molecule is CCN(CC)S(=O)(=O)c1cc(C(=O)NCC(C)(C)c2ccccc2F)ccc1Cl. The summed E-state index contributed by atoms with van der Waals surface area (Å²) in [5.41, 5.74) is 0.00878. The van der Waals surface area contributed by atoms with Crippen molar-refractivity contribution < 1.29 is 17.6 Å². The van der Waals surface area contributed by atoms with Gasteiger partial charge in [0.15, 0.2) is 0 Å². The van der Waals surface area contributed by atoms with Gasteiger partial charge in [0.25, 0.3) is 5.91 Å². The molecule has 8 heteroatoms. The first-order valence-electron chi connectivity index (χ1n) is 9.37. The van der Waals surface area contributed by atoms with Gasteiger partial charge in [0.1, 0.15) is 10.7 Å². The van der Waals surface area contributed by atoms with Crippen molar-refractivity contribution in [1.82, 2.24) is 9.62 Å². The van der Waals surface area contributed by atoms with E-state index in [0.29, 0.717) is 18.7 Å². The summed E-state index contributed by atoms with van der Waals surface area (Å²) >= 11 is 6.11. The second kappa shape index (κ2) is 9.24. The normalized spacial score (nSPS) is 12.2. The first-order valence-corrected chi connectivity index (χ1v) is 11.2. The van der Waals surface area contributed by atoms with Crippen molar-refractivity contribution in [3.63, 3.8) is 0 Å². The number of rotatable bonds is 8. The standard InChI is InChI=1S/C21H26ClFN2O3S/c1-5-25(6-2)29(27,28)19-13-15(11-12-17(19)22)20(26)24-14-21(3,4)16-9-7-8-10-18(16)23/h7-13H,5-6,14H2,1-4H3,(H,24,26). The van der Waals surface area contributed by atoms with Gasteiger partial charge >= 0.3 is 0 Å². The number of amides is 1. The number of carbonyl (C=O) groups excluding carboxylic acids is 1. The molecule has 0 saturated heterocycles. The number of hydrogen-bond acceptors (Lipinski definition) is 3. The smallest absolute Gasteiger partial charge is 0.251 e. The highest BCUT2D eigenvalue weighted by molar-refractivity contribution is 7.89. The number of carbonyl (C=O) groups is 1. The largest absolute Gasteiger partial charge is 0.351 e. The molecule has 0 fully saturated rings. The molecule has 1 amide bonds. The average Bonchev–Trinajstić information content (AvgIpc) is 2.67. The average molecular weight is 441 g/mol. The van der Waals surface area contributed by atoms with E-state index in [4.69, 9.17) is 11.6 Å². The Bertz CT molecular complexity index is 989. The zero-order chi connectivity index (χ0) is 21.8. The third-order valence-corrected chi connectivity index (χ3v) is 7.34. The Labute approximate surface area is 176 Å². The van der Waals surface area contributed by atoms with Crippen LogP contribution in [0.2, 0.25) is 5.02 Å². The summed E-state index contributed by atoms with van der Waals surface area (Å²) in [7, 11) is -3.81. The van der Waals surface area contributed by atoms with Crippen LogP contribution in [0.4, 0.5) is 4.39 Å². The van der Waals surface area contributed by atoms with E-state index in [9.17, 15) is 17.6 Å². The maximum absolute atomic E-state index is 14.1. The number of nitrogens with one attached hydrogen (secondary N) is 1. The molecule has 158 valence electrons. The Hall–Kier alpha value is -1.96. The van der Waals surface area contributed by atoms with Crippen LogP contribution in [0.15, 0.2) is 47.4 Å². The fraction of sp³-hybridized carbons (Fsp3) is 0.381. The summed E-state index contributed by atoms with van der Waals surface area (Å²) in [6.07, 6.45) is 0. The Morgan fingerprint density at radius 1 is 1.14 bits per heavy atom. The zero-order valence-corrected chi connectivity index (χ0v) is 18.6. The maximum Gasteiger partial charge on any atom is 0.251 e. The first kappa shape index (κ1) is 23.3. The fourth-order valence-electron chi connectivity index (χ4n) is 3.05. The van der Waals surface area contributed by atoms with Crippen LogP contribution in [0.3, 0.4) is 0 Å². The van der Waals surface area contributed by atoms with E-state index in [-0.39, 0.29) is 27.8 Å². The molecule has 0 aromatic heterocycles. The lowest BCUT2D eigenvalue weighted by Gasteiger charge is -2.26. The molecule has 0 bridgehead atoms. The summed E-state index contributed by atoms with van der Waals surface area (Å²) in [6, 6.07) is 10.6. The van der Waals surface area contributed by atoms with Crippen LogP contribution in [-0.4, -0.2) is 38.3 Å². The maximum atomic E-state index is 14.1. The van der Waals surface area contributed by atoms with Crippen LogP contribution < -0.4 is 5.32 Å². The molecular formula is C21H26ClFN2O3S. The van der Waals surface area contributed by atoms with Gasteiger partial charge in [-0.15, -0.1) is 0 Å². The third-order valence-electron chi connectivity index (χ3n) is 4.81. The van der Waals surface area contributed by atoms with Gasteiger partial charge < -0.3 is 5.32 Å². The van der Waals surface area contributed by atoms with Crippen molar-refractivity contribution >= 4 is 27.5 Å². The monoisotopic (exact) mass is 440 g/mol. The molecule has 29 heavy (non-hydrogen) atoms. The van der Waals surface area contributed by atoms with Crippen LogP contribution in [0, 0.1) is 5.82 Å². The Kier molecular flexibility index (Phi) is 7.43. The Balaban J connectivity index is 2.25. The van der Waals surface area contributed by atoms with Crippen molar-refractivity contribution in [2.24, 2.45) is 0 Å². The Morgan fingerprint density at radius 2 is 1.76 bits per heavy atom. The van der Waals surface area contributed by atoms with E-state index < -0.39 is 21.3 Å². The van der Waals surface area contributed by atoms with Crippen molar-refractivity contribution in [2.45, 2.75) is 38.0 Å². The van der Waals surface area contributed by atoms with Gasteiger partial charge in [0.05, 0.1) is 5.02 Å². The minimum Gasteiger partial charge on any atom is -0.351 e. The van der Waals surface area contributed by atoms with E-state index in [0.717, 1.165) is 0 Å². The van der Waals surface area contributed by atoms with Crippen molar-refractivity contribution in [2.75, 3.05) is 19.6 Å². The highest BCUT2D eigenvalue weighted by Crippen LogP contribution is 2.27. The number of sulfonamides is 1. The lowest BCUT2D eigenvalue weighted by molar-refractivity contribution is 0.0945. The Morgan fingerprint density at radius 3 is 2.34 bits per heavy atom. The molecule has 1 N–H and O–H groups in total. The lowest BCUT2D eigenvalue weighted by Crippen LogP contribution is -2.37. The molecule has 0 atom stereocenters. The number of nitrogens with zero attached hydrogens (tertiary/aromatic N) is 1. The summed E-state index contributed by atoms with van der Waals surface area (Å²) < 4.78 is 41.0. The third kappa shape index (κ3) is 5.15. The van der Waals surface area contributed by atoms with Gasteiger partial charge in [-0.3, -0.25) is 4.79 Å². The topological polar surface area (TPSA) is 66.5 Å². The molecule has 0 aliphatic rings. The number of halogens is 2. The predicted octanol–water partition coefficient (Wildman–Crippen LogP) is 4.22. The highest BCUT2D eigenvalue weighted by atomic mass is 35.5. The summed E-state index contributed by atoms with van der Waals surface area (Å²) in [6.45, 7) is 7.87. The molecule has 5 nitrogen and oxygen atoms in total. The minimum atomic E-state index is -3.81. The van der Waals surface area contributed by atoms with E-state index in [2.05, 4.69) is 5.32 Å². The van der Waals surface area contributed by atoms with Gasteiger partial charge in [0, 0.05) is 30.6 Å². The van der Waals surface area contributed by atoms with Crippen molar-refractivity contribution in [3.05, 3.63) is 64.4 Å². The molecule has 2 rings (SSSR count). The van der Waals surface area contributed by atoms with E-state index >= 15 is 0 Å². The molecule has 0 spiro atoms. The van der Waals surface area contributed by atoms with Gasteiger partial charge in [0.2, 0.25) is 10.0 Å². The lowest BCUT2D eigenvalue weighted by atomic mass is 9.84. The second-order valence-electron chi connectivity index (χ2n) is 7.28. The molecular weight excluding hydrogens is 415 g/mol. The molecule has 0 saturated carbocycles. The van der Waals surface area contributed by atoms with Gasteiger partial charge in [-0.1, -0.05) is 57.5 Å².